The van der Waals surface area contributed by atoms with Gasteiger partial charge >= 0.3 is 0 Å². The standard InChI is InChI=1S/C6Br2F4O2S/c7-1-2(9)4(11)6(15(8,13)14)5(12)3(1)10. The molecule has 0 bridgehead atoms. The van der Waals surface area contributed by atoms with Crippen LogP contribution in [0, 0.1) is 23.3 Å². The molecule has 0 amide bonds. The SMILES string of the molecule is O=S(=O)(Br)c1c(F)c(F)c(Br)c(F)c1F. The summed E-state index contributed by atoms with van der Waals surface area (Å²) in [5.41, 5.74) is 0. The average Bonchev–Trinajstić information content (AvgIpc) is 2.09. The Labute approximate surface area is 97.5 Å². The molecule has 0 heterocycles. The van der Waals surface area contributed by atoms with Gasteiger partial charge in [-0.2, -0.15) is 0 Å². The second-order valence-electron chi connectivity index (χ2n) is 2.34. The lowest BCUT2D eigenvalue weighted by molar-refractivity contribution is 0.414. The van der Waals surface area contributed by atoms with Crippen LogP contribution in [0.2, 0.25) is 0 Å². The van der Waals surface area contributed by atoms with Gasteiger partial charge in [0.1, 0.15) is 0 Å². The normalized spacial score (nSPS) is 11.9. The fourth-order valence-electron chi connectivity index (χ4n) is 0.799. The maximum Gasteiger partial charge on any atom is 0.243 e. The molecule has 0 aliphatic rings. The molecule has 0 fully saturated rings. The third kappa shape index (κ3) is 2.18. The molecule has 0 aliphatic carbocycles. The van der Waals surface area contributed by atoms with Crippen LogP contribution in [0.4, 0.5) is 17.6 Å². The van der Waals surface area contributed by atoms with E-state index in [0.717, 1.165) is 0 Å². The molecule has 9 heteroatoms. The molecule has 2 nitrogen and oxygen atoms in total. The highest BCUT2D eigenvalue weighted by atomic mass is 79.9. The van der Waals surface area contributed by atoms with Crippen LogP contribution >= 0.6 is 30.7 Å². The van der Waals surface area contributed by atoms with Crippen molar-refractivity contribution in [1.29, 1.82) is 0 Å². The molecule has 0 atom stereocenters. The number of hydrogen-bond acceptors (Lipinski definition) is 2. The van der Waals surface area contributed by atoms with E-state index in [-0.39, 0.29) is 0 Å². The molecule has 0 aromatic heterocycles. The van der Waals surface area contributed by atoms with Crippen LogP contribution in [0.3, 0.4) is 0 Å². The Hall–Kier alpha value is -0.150. The molecule has 15 heavy (non-hydrogen) atoms. The second-order valence-corrected chi connectivity index (χ2v) is 6.97. The summed E-state index contributed by atoms with van der Waals surface area (Å²) in [5, 5.41) is 0. The van der Waals surface area contributed by atoms with Gasteiger partial charge in [0.2, 0.25) is 8.27 Å². The Balaban J connectivity index is 3.84. The van der Waals surface area contributed by atoms with Crippen LogP contribution in [-0.2, 0) is 8.27 Å². The molecular formula is C6Br2F4O2S. The van der Waals surface area contributed by atoms with E-state index in [4.69, 9.17) is 0 Å². The summed E-state index contributed by atoms with van der Waals surface area (Å²) >= 11 is 4.17. The lowest BCUT2D eigenvalue weighted by Gasteiger charge is -2.05. The molecule has 1 rings (SSSR count). The second kappa shape index (κ2) is 4.02. The van der Waals surface area contributed by atoms with Crippen LogP contribution in [0.15, 0.2) is 9.37 Å². The zero-order valence-electron chi connectivity index (χ0n) is 6.49. The minimum atomic E-state index is -4.56. The molecule has 0 unspecified atom stereocenters. The largest absolute Gasteiger partial charge is 0.243 e. The Morgan fingerprint density at radius 3 is 1.47 bits per heavy atom. The van der Waals surface area contributed by atoms with E-state index in [0.29, 0.717) is 0 Å². The molecule has 0 spiro atoms. The van der Waals surface area contributed by atoms with E-state index in [2.05, 4.69) is 15.9 Å². The lowest BCUT2D eigenvalue weighted by atomic mass is 10.3. The van der Waals surface area contributed by atoms with Crippen molar-refractivity contribution in [3.05, 3.63) is 27.7 Å². The van der Waals surface area contributed by atoms with Crippen molar-refractivity contribution < 1.29 is 26.0 Å². The van der Waals surface area contributed by atoms with E-state index in [1.165, 1.54) is 0 Å². The monoisotopic (exact) mass is 370 g/mol. The van der Waals surface area contributed by atoms with Gasteiger partial charge in [0.05, 0.1) is 19.3 Å². The summed E-state index contributed by atoms with van der Waals surface area (Å²) in [7, 11) is -4.56. The summed E-state index contributed by atoms with van der Waals surface area (Å²) in [6, 6.07) is 0. The Bertz CT molecular complexity index is 499. The van der Waals surface area contributed by atoms with Crippen molar-refractivity contribution in [2.75, 3.05) is 0 Å². The quantitative estimate of drug-likeness (QED) is 0.329. The molecule has 0 saturated heterocycles. The van der Waals surface area contributed by atoms with Crippen molar-refractivity contribution in [3.8, 4) is 0 Å². The van der Waals surface area contributed by atoms with Gasteiger partial charge in [-0.25, -0.2) is 26.0 Å². The van der Waals surface area contributed by atoms with Crippen LogP contribution < -0.4 is 0 Å². The predicted octanol–water partition coefficient (Wildman–Crippen LogP) is 3.09. The van der Waals surface area contributed by atoms with Crippen molar-refractivity contribution in [3.63, 3.8) is 0 Å². The first-order valence-electron chi connectivity index (χ1n) is 3.14. The van der Waals surface area contributed by atoms with Gasteiger partial charge in [-0.05, 0) is 15.9 Å². The van der Waals surface area contributed by atoms with Crippen LogP contribution in [-0.4, -0.2) is 8.42 Å². The number of halogens is 6. The van der Waals surface area contributed by atoms with E-state index >= 15 is 0 Å². The van der Waals surface area contributed by atoms with E-state index < -0.39 is 40.9 Å². The topological polar surface area (TPSA) is 34.1 Å². The Kier molecular flexibility index (Phi) is 3.46. The molecule has 1 aromatic carbocycles. The first-order chi connectivity index (χ1) is 6.68. The first-order valence-corrected chi connectivity index (χ1v) is 7.26. The van der Waals surface area contributed by atoms with Crippen molar-refractivity contribution in [2.45, 2.75) is 4.90 Å². The maximum atomic E-state index is 13.0. The minimum absolute atomic E-state index is 1.10. The van der Waals surface area contributed by atoms with E-state index in [1.807, 2.05) is 14.8 Å². The molecule has 0 radical (unpaired) electrons. The smallest absolute Gasteiger partial charge is 0.212 e. The third-order valence-corrected chi connectivity index (χ3v) is 3.93. The molecule has 1 aromatic rings. The third-order valence-electron chi connectivity index (χ3n) is 1.41. The summed E-state index contributed by atoms with van der Waals surface area (Å²) in [4.78, 5) is -1.69. The van der Waals surface area contributed by atoms with Gasteiger partial charge in [-0.15, -0.1) is 0 Å². The van der Waals surface area contributed by atoms with Gasteiger partial charge in [-0.3, -0.25) is 0 Å². The van der Waals surface area contributed by atoms with Crippen molar-refractivity contribution in [2.24, 2.45) is 0 Å². The van der Waals surface area contributed by atoms with E-state index in [1.54, 1.807) is 0 Å². The van der Waals surface area contributed by atoms with Crippen molar-refractivity contribution >= 4 is 39.0 Å². The summed E-state index contributed by atoms with van der Waals surface area (Å²) in [6.45, 7) is 0. The molecule has 0 N–H and O–H groups in total. The minimum Gasteiger partial charge on any atom is -0.212 e. The molecular weight excluding hydrogens is 372 g/mol. The summed E-state index contributed by atoms with van der Waals surface area (Å²) in [5.74, 6) is -7.60. The highest BCUT2D eigenvalue weighted by Crippen LogP contribution is 2.32. The fraction of sp³-hybridized carbons (Fsp3) is 0. The zero-order valence-corrected chi connectivity index (χ0v) is 10.5. The van der Waals surface area contributed by atoms with Gasteiger partial charge in [0.25, 0.3) is 0 Å². The van der Waals surface area contributed by atoms with Gasteiger partial charge in [0, 0.05) is 0 Å². The number of rotatable bonds is 1. The highest BCUT2D eigenvalue weighted by molar-refractivity contribution is 9.47. The van der Waals surface area contributed by atoms with Gasteiger partial charge in [-0.1, -0.05) is 0 Å². The first kappa shape index (κ1) is 12.9. The molecule has 0 saturated carbocycles. The predicted molar refractivity (Wildman–Crippen MR) is 50.1 cm³/mol. The van der Waals surface area contributed by atoms with Crippen LogP contribution in [0.5, 0.6) is 0 Å². The highest BCUT2D eigenvalue weighted by Gasteiger charge is 2.30. The number of benzene rings is 1. The van der Waals surface area contributed by atoms with Crippen LogP contribution in [0.1, 0.15) is 0 Å². The fourth-order valence-corrected chi connectivity index (χ4v) is 2.61. The van der Waals surface area contributed by atoms with Crippen molar-refractivity contribution in [1.82, 2.24) is 0 Å². The molecule has 84 valence electrons. The maximum absolute atomic E-state index is 13.0. The zero-order chi connectivity index (χ0) is 12.0. The van der Waals surface area contributed by atoms with Crippen LogP contribution in [0.25, 0.3) is 0 Å². The average molecular weight is 372 g/mol. The lowest BCUT2D eigenvalue weighted by Crippen LogP contribution is -2.06. The van der Waals surface area contributed by atoms with Gasteiger partial charge < -0.3 is 0 Å². The van der Waals surface area contributed by atoms with Gasteiger partial charge in [0.15, 0.2) is 28.2 Å². The summed E-state index contributed by atoms with van der Waals surface area (Å²) in [6.07, 6.45) is 0. The van der Waals surface area contributed by atoms with E-state index in [9.17, 15) is 26.0 Å². The molecule has 0 aliphatic heterocycles. The Morgan fingerprint density at radius 1 is 0.867 bits per heavy atom. The summed E-state index contributed by atoms with van der Waals surface area (Å²) < 4.78 is 72.1. The number of hydrogen-bond donors (Lipinski definition) is 0. The Morgan fingerprint density at radius 2 is 1.20 bits per heavy atom.